The van der Waals surface area contributed by atoms with Crippen molar-refractivity contribution in [2.45, 2.75) is 38.7 Å². The van der Waals surface area contributed by atoms with E-state index in [2.05, 4.69) is 47.5 Å². The van der Waals surface area contributed by atoms with Crippen LogP contribution in [0.25, 0.3) is 11.0 Å². The maximum Gasteiger partial charge on any atom is 0.283 e. The first-order valence-electron chi connectivity index (χ1n) is 10.2. The molecule has 0 saturated heterocycles. The fraction of sp³-hybridized carbons (Fsp3) is 0.261. The number of nitrogens with one attached hydrogen (secondary N) is 1. The van der Waals surface area contributed by atoms with E-state index >= 15 is 0 Å². The van der Waals surface area contributed by atoms with Gasteiger partial charge in [-0.25, -0.2) is 5.43 Å². The summed E-state index contributed by atoms with van der Waals surface area (Å²) in [6, 6.07) is 9.27. The lowest BCUT2D eigenvalue weighted by Gasteiger charge is -2.10. The number of hydrogen-bond acceptors (Lipinski definition) is 6. The second kappa shape index (κ2) is 9.87. The second-order valence-corrected chi connectivity index (χ2v) is 9.24. The van der Waals surface area contributed by atoms with Gasteiger partial charge in [0.2, 0.25) is 6.10 Å². The van der Waals surface area contributed by atoms with Crippen LogP contribution in [0.15, 0.2) is 54.0 Å². The molecule has 1 amide bonds. The van der Waals surface area contributed by atoms with Gasteiger partial charge in [-0.1, -0.05) is 33.2 Å². The van der Waals surface area contributed by atoms with Crippen molar-refractivity contribution in [2.75, 3.05) is 0 Å². The predicted octanol–water partition coefficient (Wildman–Crippen LogP) is 5.43. The molecule has 1 aliphatic carbocycles. The SMILES string of the molecule is CC(ON=Cc1ccc(Br)cc1)C(=O)NN=Cc1c(O)c(Br)cc2oc3c(c12)CCCC3. The molecule has 1 unspecified atom stereocenters. The van der Waals surface area contributed by atoms with Crippen LogP contribution >= 0.6 is 31.9 Å². The van der Waals surface area contributed by atoms with E-state index in [0.717, 1.165) is 52.4 Å². The van der Waals surface area contributed by atoms with Gasteiger partial charge < -0.3 is 14.4 Å². The van der Waals surface area contributed by atoms with E-state index in [1.54, 1.807) is 13.0 Å². The number of phenols is 1. The zero-order valence-corrected chi connectivity index (χ0v) is 20.4. The van der Waals surface area contributed by atoms with Gasteiger partial charge in [0, 0.05) is 27.4 Å². The molecular weight excluding hydrogens is 542 g/mol. The number of oxime groups is 1. The van der Waals surface area contributed by atoms with Crippen LogP contribution in [0.2, 0.25) is 0 Å². The number of furan rings is 1. The number of hydrogen-bond donors (Lipinski definition) is 2. The molecule has 1 aliphatic rings. The largest absolute Gasteiger partial charge is 0.506 e. The molecule has 0 bridgehead atoms. The molecule has 1 aromatic heterocycles. The molecule has 7 nitrogen and oxygen atoms in total. The smallest absolute Gasteiger partial charge is 0.283 e. The summed E-state index contributed by atoms with van der Waals surface area (Å²) in [7, 11) is 0. The Morgan fingerprint density at radius 1 is 1.22 bits per heavy atom. The van der Waals surface area contributed by atoms with Crippen LogP contribution in [0.4, 0.5) is 0 Å². The molecule has 0 spiro atoms. The minimum Gasteiger partial charge on any atom is -0.506 e. The number of phenolic OH excluding ortho intramolecular Hbond substituents is 1. The van der Waals surface area contributed by atoms with E-state index in [0.29, 0.717) is 15.6 Å². The van der Waals surface area contributed by atoms with Crippen molar-refractivity contribution < 1.29 is 19.2 Å². The van der Waals surface area contributed by atoms with Gasteiger partial charge in [-0.3, -0.25) is 4.79 Å². The minimum atomic E-state index is -0.850. The summed E-state index contributed by atoms with van der Waals surface area (Å²) in [6.45, 7) is 1.57. The highest BCUT2D eigenvalue weighted by atomic mass is 79.9. The standard InChI is InChI=1S/C23H21Br2N3O4/c1-13(32-27-11-14-6-8-15(24)9-7-14)23(30)28-26-12-17-21-16-4-2-3-5-19(16)31-20(21)10-18(25)22(17)29/h6-13,29H,2-5H2,1H3,(H,28,30). The Morgan fingerprint density at radius 3 is 2.75 bits per heavy atom. The molecule has 2 aromatic carbocycles. The van der Waals surface area contributed by atoms with Gasteiger partial charge in [-0.2, -0.15) is 5.10 Å². The third-order valence-electron chi connectivity index (χ3n) is 5.24. The maximum absolute atomic E-state index is 12.3. The first-order valence-corrected chi connectivity index (χ1v) is 11.8. The number of hydrazone groups is 1. The Labute approximate surface area is 201 Å². The van der Waals surface area contributed by atoms with Crippen LogP contribution in [0.5, 0.6) is 5.75 Å². The molecule has 0 fully saturated rings. The molecular formula is C23H21Br2N3O4. The lowest BCUT2D eigenvalue weighted by Crippen LogP contribution is -2.30. The summed E-state index contributed by atoms with van der Waals surface area (Å²) >= 11 is 6.73. The average Bonchev–Trinajstić information content (AvgIpc) is 3.15. The van der Waals surface area contributed by atoms with Gasteiger partial charge in [0.1, 0.15) is 17.1 Å². The quantitative estimate of drug-likeness (QED) is 0.309. The van der Waals surface area contributed by atoms with Crippen molar-refractivity contribution in [1.82, 2.24) is 5.43 Å². The van der Waals surface area contributed by atoms with Gasteiger partial charge in [-0.05, 0) is 65.9 Å². The topological polar surface area (TPSA) is 96.4 Å². The molecule has 0 radical (unpaired) electrons. The number of fused-ring (bicyclic) bond motifs is 3. The lowest BCUT2D eigenvalue weighted by molar-refractivity contribution is -0.131. The maximum atomic E-state index is 12.3. The van der Waals surface area contributed by atoms with Gasteiger partial charge in [-0.15, -0.1) is 0 Å². The number of amides is 1. The fourth-order valence-corrected chi connectivity index (χ4v) is 4.26. The summed E-state index contributed by atoms with van der Waals surface area (Å²) in [5, 5.41) is 19.3. The van der Waals surface area contributed by atoms with Crippen molar-refractivity contribution in [3.05, 3.63) is 61.7 Å². The van der Waals surface area contributed by atoms with E-state index in [1.165, 1.54) is 12.4 Å². The number of nitrogens with zero attached hydrogens (tertiary/aromatic N) is 2. The zero-order chi connectivity index (χ0) is 22.7. The third kappa shape index (κ3) is 4.88. The van der Waals surface area contributed by atoms with Crippen LogP contribution < -0.4 is 5.43 Å². The number of carbonyl (C=O) groups is 1. The molecule has 3 aromatic rings. The van der Waals surface area contributed by atoms with Gasteiger partial charge in [0.05, 0.1) is 16.9 Å². The number of carbonyl (C=O) groups excluding carboxylic acids is 1. The highest BCUT2D eigenvalue weighted by Crippen LogP contribution is 2.40. The van der Waals surface area contributed by atoms with Crippen molar-refractivity contribution in [3.63, 3.8) is 0 Å². The normalized spacial score (nSPS) is 14.7. The zero-order valence-electron chi connectivity index (χ0n) is 17.3. The summed E-state index contributed by atoms with van der Waals surface area (Å²) in [4.78, 5) is 17.5. The molecule has 166 valence electrons. The van der Waals surface area contributed by atoms with E-state index in [9.17, 15) is 9.90 Å². The lowest BCUT2D eigenvalue weighted by atomic mass is 9.94. The first-order chi connectivity index (χ1) is 15.4. The monoisotopic (exact) mass is 561 g/mol. The van der Waals surface area contributed by atoms with Crippen molar-refractivity contribution in [2.24, 2.45) is 10.3 Å². The van der Waals surface area contributed by atoms with Crippen molar-refractivity contribution >= 4 is 61.2 Å². The van der Waals surface area contributed by atoms with Gasteiger partial charge in [0.25, 0.3) is 5.91 Å². The molecule has 4 rings (SSSR count). The molecule has 0 saturated carbocycles. The average molecular weight is 563 g/mol. The van der Waals surface area contributed by atoms with Crippen LogP contribution in [0.1, 0.15) is 42.2 Å². The minimum absolute atomic E-state index is 0.0491. The Hall–Kier alpha value is -2.65. The third-order valence-corrected chi connectivity index (χ3v) is 6.37. The molecule has 0 aliphatic heterocycles. The van der Waals surface area contributed by atoms with E-state index < -0.39 is 12.0 Å². The fourth-order valence-electron chi connectivity index (χ4n) is 3.57. The Morgan fingerprint density at radius 2 is 1.97 bits per heavy atom. The summed E-state index contributed by atoms with van der Waals surface area (Å²) in [5.74, 6) is 0.537. The van der Waals surface area contributed by atoms with E-state index in [4.69, 9.17) is 9.25 Å². The van der Waals surface area contributed by atoms with Crippen LogP contribution in [0, 0.1) is 0 Å². The predicted molar refractivity (Wildman–Crippen MR) is 130 cm³/mol. The number of benzene rings is 2. The highest BCUT2D eigenvalue weighted by Gasteiger charge is 2.23. The Balaban J connectivity index is 1.45. The van der Waals surface area contributed by atoms with E-state index in [1.807, 2.05) is 24.3 Å². The summed E-state index contributed by atoms with van der Waals surface area (Å²) in [5.41, 5.74) is 5.57. The molecule has 9 heteroatoms. The number of halogens is 2. The summed E-state index contributed by atoms with van der Waals surface area (Å²) < 4.78 is 7.46. The van der Waals surface area contributed by atoms with Crippen molar-refractivity contribution in [1.29, 1.82) is 0 Å². The molecule has 1 heterocycles. The number of aryl methyl sites for hydroxylation is 2. The van der Waals surface area contributed by atoms with Crippen LogP contribution in [-0.4, -0.2) is 29.5 Å². The van der Waals surface area contributed by atoms with Gasteiger partial charge in [0.15, 0.2) is 0 Å². The second-order valence-electron chi connectivity index (χ2n) is 7.47. The molecule has 32 heavy (non-hydrogen) atoms. The highest BCUT2D eigenvalue weighted by molar-refractivity contribution is 9.10. The number of rotatable bonds is 6. The Bertz CT molecular complexity index is 1200. The Kier molecular flexibility index (Phi) is 6.95. The number of aromatic hydroxyl groups is 1. The van der Waals surface area contributed by atoms with Gasteiger partial charge >= 0.3 is 0 Å². The summed E-state index contributed by atoms with van der Waals surface area (Å²) in [6.07, 6.45) is 6.03. The van der Waals surface area contributed by atoms with Crippen molar-refractivity contribution in [3.8, 4) is 5.75 Å². The molecule has 2 N–H and O–H groups in total. The first kappa shape index (κ1) is 22.5. The van der Waals surface area contributed by atoms with Crippen LogP contribution in [0.3, 0.4) is 0 Å². The molecule has 1 atom stereocenters. The van der Waals surface area contributed by atoms with E-state index in [-0.39, 0.29) is 5.75 Å². The van der Waals surface area contributed by atoms with Crippen LogP contribution in [-0.2, 0) is 22.5 Å².